The lowest BCUT2D eigenvalue weighted by atomic mass is 10.3. The Morgan fingerprint density at radius 2 is 1.36 bits per heavy atom. The van der Waals surface area contributed by atoms with Crippen LogP contribution >= 0.6 is 0 Å². The van der Waals surface area contributed by atoms with Gasteiger partial charge in [-0.15, -0.1) is 0 Å². The van der Waals surface area contributed by atoms with E-state index in [4.69, 9.17) is 17.5 Å². The Kier molecular flexibility index (Phi) is 6.77. The fraction of sp³-hybridized carbons (Fsp3) is 0. The Bertz CT molecular complexity index is 219. The number of allylic oxidation sites excluding steroid dienone is 3. The zero-order valence-electron chi connectivity index (χ0n) is 5.90. The molecule has 0 aromatic rings. The smallest absolute Gasteiger partial charge is 0.264 e. The molecule has 0 aliphatic rings. The van der Waals surface area contributed by atoms with E-state index >= 15 is 0 Å². The molecule has 0 spiro atoms. The van der Waals surface area contributed by atoms with Gasteiger partial charge in [-0.3, -0.25) is 9.11 Å². The first-order valence-electron chi connectivity index (χ1n) is 2.45. The number of hydrogen-bond donors (Lipinski definition) is 2. The van der Waals surface area contributed by atoms with E-state index in [0.29, 0.717) is 0 Å². The van der Waals surface area contributed by atoms with Gasteiger partial charge in [0.1, 0.15) is 0 Å². The van der Waals surface area contributed by atoms with Crippen molar-refractivity contribution < 1.29 is 17.5 Å². The molecule has 0 aromatic carbocycles. The molecule has 0 bridgehead atoms. The normalized spacial score (nSPS) is 8.91. The third kappa shape index (κ3) is 47.9. The molecule has 0 rings (SSSR count). The van der Waals surface area contributed by atoms with Crippen molar-refractivity contribution in [3.63, 3.8) is 0 Å². The molecule has 0 atom stereocenters. The zero-order chi connectivity index (χ0) is 9.49. The molecule has 2 N–H and O–H groups in total. The van der Waals surface area contributed by atoms with Crippen LogP contribution in [-0.2, 0) is 10.4 Å². The second kappa shape index (κ2) is 5.84. The van der Waals surface area contributed by atoms with Crippen molar-refractivity contribution in [1.29, 1.82) is 0 Å². The molecule has 0 unspecified atom stereocenters. The highest BCUT2D eigenvalue weighted by atomic mass is 32.3. The van der Waals surface area contributed by atoms with E-state index in [2.05, 4.69) is 19.7 Å². The highest BCUT2D eigenvalue weighted by molar-refractivity contribution is 7.79. The van der Waals surface area contributed by atoms with Crippen molar-refractivity contribution >= 4 is 10.4 Å². The Morgan fingerprint density at radius 1 is 1.18 bits per heavy atom. The van der Waals surface area contributed by atoms with Crippen LogP contribution < -0.4 is 0 Å². The van der Waals surface area contributed by atoms with Crippen molar-refractivity contribution in [3.8, 4) is 0 Å². The van der Waals surface area contributed by atoms with Crippen LogP contribution in [0.25, 0.3) is 0 Å². The zero-order valence-corrected chi connectivity index (χ0v) is 6.71. The summed E-state index contributed by atoms with van der Waals surface area (Å²) in [6, 6.07) is 0. The summed E-state index contributed by atoms with van der Waals surface area (Å²) < 4.78 is 31.6. The fourth-order valence-electron chi connectivity index (χ4n) is 0.0833. The molecule has 0 fully saturated rings. The van der Waals surface area contributed by atoms with Crippen molar-refractivity contribution in [1.82, 2.24) is 0 Å². The maximum Gasteiger partial charge on any atom is 0.394 e. The second-order valence-corrected chi connectivity index (χ2v) is 2.33. The lowest BCUT2D eigenvalue weighted by Gasteiger charge is -1.76. The third-order valence-corrected chi connectivity index (χ3v) is 0.524. The SMILES string of the molecule is C=CC(=C)C=C.O=S(=O)(O)O. The summed E-state index contributed by atoms with van der Waals surface area (Å²) >= 11 is 0. The van der Waals surface area contributed by atoms with Crippen LogP contribution in [0.15, 0.2) is 37.5 Å². The largest absolute Gasteiger partial charge is 0.394 e. The summed E-state index contributed by atoms with van der Waals surface area (Å²) in [7, 11) is -4.67. The van der Waals surface area contributed by atoms with Gasteiger partial charge in [0, 0.05) is 0 Å². The molecule has 0 aromatic heterocycles. The molecule has 5 heteroatoms. The van der Waals surface area contributed by atoms with Gasteiger partial charge in [-0.25, -0.2) is 0 Å². The first kappa shape index (κ1) is 12.7. The van der Waals surface area contributed by atoms with E-state index in [9.17, 15) is 0 Å². The Hall–Kier alpha value is -0.910. The summed E-state index contributed by atoms with van der Waals surface area (Å²) in [4.78, 5) is 0. The van der Waals surface area contributed by atoms with Crippen molar-refractivity contribution in [2.24, 2.45) is 0 Å². The molecule has 0 amide bonds. The van der Waals surface area contributed by atoms with Gasteiger partial charge in [-0.05, 0) is 5.57 Å². The van der Waals surface area contributed by atoms with E-state index in [1.54, 1.807) is 12.2 Å². The third-order valence-electron chi connectivity index (χ3n) is 0.524. The highest BCUT2D eigenvalue weighted by Gasteiger charge is 1.84. The molecule has 0 saturated heterocycles. The summed E-state index contributed by atoms with van der Waals surface area (Å²) in [5.41, 5.74) is 0.870. The van der Waals surface area contributed by atoms with Gasteiger partial charge in [0.25, 0.3) is 0 Å². The molecule has 4 nitrogen and oxygen atoms in total. The van der Waals surface area contributed by atoms with Crippen LogP contribution in [0.2, 0.25) is 0 Å². The molecule has 64 valence electrons. The van der Waals surface area contributed by atoms with E-state index < -0.39 is 10.4 Å². The predicted octanol–water partition coefficient (Wildman–Crippen LogP) is 1.26. The summed E-state index contributed by atoms with van der Waals surface area (Å²) in [5, 5.41) is 0. The topological polar surface area (TPSA) is 74.6 Å². The fourth-order valence-corrected chi connectivity index (χ4v) is 0.0833. The Labute approximate surface area is 66.1 Å². The van der Waals surface area contributed by atoms with E-state index in [0.717, 1.165) is 5.57 Å². The molecule has 0 saturated carbocycles. The maximum absolute atomic E-state index is 8.74. The molecule has 0 radical (unpaired) electrons. The Balaban J connectivity index is 0. The average Bonchev–Trinajstić information content (AvgIpc) is 1.83. The summed E-state index contributed by atoms with van der Waals surface area (Å²) in [5.74, 6) is 0. The standard InChI is InChI=1S/C6H8.H2O4S/c1-4-6(3)5-2;1-5(2,3)4/h4-5H,1-3H2;(H2,1,2,3,4). The Morgan fingerprint density at radius 3 is 1.36 bits per heavy atom. The summed E-state index contributed by atoms with van der Waals surface area (Å²) in [6.45, 7) is 10.5. The first-order valence-corrected chi connectivity index (χ1v) is 3.84. The monoisotopic (exact) mass is 178 g/mol. The molecule has 0 aliphatic heterocycles. The number of rotatable bonds is 2. The predicted molar refractivity (Wildman–Crippen MR) is 43.7 cm³/mol. The van der Waals surface area contributed by atoms with Crippen LogP contribution in [0.4, 0.5) is 0 Å². The van der Waals surface area contributed by atoms with Gasteiger partial charge < -0.3 is 0 Å². The number of hydrogen-bond acceptors (Lipinski definition) is 2. The minimum atomic E-state index is -4.67. The van der Waals surface area contributed by atoms with Crippen LogP contribution in [0.3, 0.4) is 0 Å². The maximum atomic E-state index is 8.74. The van der Waals surface area contributed by atoms with Gasteiger partial charge in [-0.1, -0.05) is 31.9 Å². The van der Waals surface area contributed by atoms with Crippen molar-refractivity contribution in [2.75, 3.05) is 0 Å². The molecule has 11 heavy (non-hydrogen) atoms. The molecular weight excluding hydrogens is 168 g/mol. The van der Waals surface area contributed by atoms with Crippen LogP contribution in [0.1, 0.15) is 0 Å². The van der Waals surface area contributed by atoms with Crippen molar-refractivity contribution in [3.05, 3.63) is 37.5 Å². The minimum absolute atomic E-state index is 0.870. The summed E-state index contributed by atoms with van der Waals surface area (Å²) in [6.07, 6.45) is 3.32. The van der Waals surface area contributed by atoms with Gasteiger partial charge in [0.15, 0.2) is 0 Å². The van der Waals surface area contributed by atoms with E-state index in [1.165, 1.54) is 0 Å². The lowest BCUT2D eigenvalue weighted by Crippen LogP contribution is -1.89. The van der Waals surface area contributed by atoms with Crippen LogP contribution in [-0.4, -0.2) is 17.5 Å². The van der Waals surface area contributed by atoms with Crippen LogP contribution in [0.5, 0.6) is 0 Å². The van der Waals surface area contributed by atoms with Gasteiger partial charge in [0.2, 0.25) is 0 Å². The van der Waals surface area contributed by atoms with Crippen LogP contribution in [0, 0.1) is 0 Å². The van der Waals surface area contributed by atoms with E-state index in [-0.39, 0.29) is 0 Å². The average molecular weight is 178 g/mol. The van der Waals surface area contributed by atoms with Crippen molar-refractivity contribution in [2.45, 2.75) is 0 Å². The highest BCUT2D eigenvalue weighted by Crippen LogP contribution is 1.86. The first-order chi connectivity index (χ1) is 4.81. The molecule has 0 heterocycles. The molecule has 0 aliphatic carbocycles. The second-order valence-electron chi connectivity index (χ2n) is 1.43. The van der Waals surface area contributed by atoms with Gasteiger partial charge in [-0.2, -0.15) is 8.42 Å². The van der Waals surface area contributed by atoms with Gasteiger partial charge >= 0.3 is 10.4 Å². The van der Waals surface area contributed by atoms with Gasteiger partial charge in [0.05, 0.1) is 0 Å². The van der Waals surface area contributed by atoms with E-state index in [1.807, 2.05) is 0 Å². The minimum Gasteiger partial charge on any atom is -0.264 e. The molecular formula is C6H10O4S. The lowest BCUT2D eigenvalue weighted by molar-refractivity contribution is 0.381. The quantitative estimate of drug-likeness (QED) is 0.493.